The van der Waals surface area contributed by atoms with Crippen molar-refractivity contribution in [2.24, 2.45) is 0 Å². The van der Waals surface area contributed by atoms with E-state index < -0.39 is 0 Å². The Hall–Kier alpha value is -1.64. The van der Waals surface area contributed by atoms with Crippen molar-refractivity contribution in [2.75, 3.05) is 13.2 Å². The van der Waals surface area contributed by atoms with Gasteiger partial charge < -0.3 is 5.11 Å². The summed E-state index contributed by atoms with van der Waals surface area (Å²) in [6, 6.07) is 18.0. The monoisotopic (exact) mass is 265 g/mol. The van der Waals surface area contributed by atoms with Gasteiger partial charge in [0, 0.05) is 6.04 Å². The molecule has 1 fully saturated rings. The minimum Gasteiger partial charge on any atom is -0.395 e. The molecule has 1 heterocycles. The molecule has 1 aliphatic carbocycles. The molecule has 1 aliphatic heterocycles. The summed E-state index contributed by atoms with van der Waals surface area (Å²) in [5.41, 5.74) is 5.51. The van der Waals surface area contributed by atoms with Crippen molar-refractivity contribution in [3.63, 3.8) is 0 Å². The lowest BCUT2D eigenvalue weighted by Crippen LogP contribution is -2.35. The van der Waals surface area contributed by atoms with E-state index in [1.807, 2.05) is 0 Å². The number of benzene rings is 2. The second-order valence-corrected chi connectivity index (χ2v) is 5.79. The van der Waals surface area contributed by atoms with E-state index in [0.717, 1.165) is 13.0 Å². The van der Waals surface area contributed by atoms with Gasteiger partial charge in [-0.15, -0.1) is 0 Å². The van der Waals surface area contributed by atoms with Crippen LogP contribution in [0.15, 0.2) is 48.5 Å². The van der Waals surface area contributed by atoms with Crippen LogP contribution in [0.25, 0.3) is 11.1 Å². The van der Waals surface area contributed by atoms with Crippen LogP contribution in [0.5, 0.6) is 0 Å². The second-order valence-electron chi connectivity index (χ2n) is 5.79. The summed E-state index contributed by atoms with van der Waals surface area (Å²) in [7, 11) is 0. The van der Waals surface area contributed by atoms with Gasteiger partial charge >= 0.3 is 0 Å². The first-order valence-corrected chi connectivity index (χ1v) is 7.45. The molecule has 1 N–H and O–H groups in total. The topological polar surface area (TPSA) is 23.5 Å². The molecule has 20 heavy (non-hydrogen) atoms. The number of aliphatic hydroxyl groups is 1. The number of hydrogen-bond acceptors (Lipinski definition) is 2. The maximum Gasteiger partial charge on any atom is 0.0617 e. The van der Waals surface area contributed by atoms with Crippen molar-refractivity contribution in [1.29, 1.82) is 0 Å². The molecular weight excluding hydrogens is 246 g/mol. The van der Waals surface area contributed by atoms with Crippen molar-refractivity contribution in [3.05, 3.63) is 59.7 Å². The standard InChI is InChI=1S/C18H19NO/c20-12-13-6-5-11-19(13)18-16-9-3-1-7-14(16)15-8-2-4-10-17(15)18/h1-4,7-10,13,18,20H,5-6,11-12H2/t13-/m1/s1. The molecule has 2 nitrogen and oxygen atoms in total. The number of fused-ring (bicyclic) bond motifs is 3. The SMILES string of the molecule is OC[C@H]1CCCN1C1c2ccccc2-c2ccccc21. The van der Waals surface area contributed by atoms with Crippen LogP contribution in [0.2, 0.25) is 0 Å². The predicted molar refractivity (Wildman–Crippen MR) is 80.5 cm³/mol. The van der Waals surface area contributed by atoms with Crippen LogP contribution >= 0.6 is 0 Å². The van der Waals surface area contributed by atoms with Gasteiger partial charge in [0.15, 0.2) is 0 Å². The van der Waals surface area contributed by atoms with Gasteiger partial charge in [0.25, 0.3) is 0 Å². The third-order valence-corrected chi connectivity index (χ3v) is 4.77. The number of nitrogens with zero attached hydrogens (tertiary/aromatic N) is 1. The highest BCUT2D eigenvalue weighted by Gasteiger charge is 2.37. The van der Waals surface area contributed by atoms with E-state index in [1.54, 1.807) is 0 Å². The van der Waals surface area contributed by atoms with E-state index in [0.29, 0.717) is 12.1 Å². The molecule has 0 amide bonds. The van der Waals surface area contributed by atoms with Crippen LogP contribution in [0.3, 0.4) is 0 Å². The third-order valence-electron chi connectivity index (χ3n) is 4.77. The lowest BCUT2D eigenvalue weighted by Gasteiger charge is -2.31. The van der Waals surface area contributed by atoms with Gasteiger partial charge in [0.1, 0.15) is 0 Å². The Balaban J connectivity index is 1.87. The average Bonchev–Trinajstić information content (AvgIpc) is 3.08. The average molecular weight is 265 g/mol. The first kappa shape index (κ1) is 12.1. The number of aliphatic hydroxyl groups excluding tert-OH is 1. The Kier molecular flexibility index (Phi) is 2.86. The molecule has 0 aromatic heterocycles. The smallest absolute Gasteiger partial charge is 0.0617 e. The predicted octanol–water partition coefficient (Wildman–Crippen LogP) is 3.21. The molecule has 2 aliphatic rings. The molecule has 2 aromatic carbocycles. The van der Waals surface area contributed by atoms with Crippen LogP contribution in [-0.4, -0.2) is 29.2 Å². The highest BCUT2D eigenvalue weighted by molar-refractivity contribution is 5.78. The lowest BCUT2D eigenvalue weighted by atomic mass is 10.0. The van der Waals surface area contributed by atoms with Crippen LogP contribution < -0.4 is 0 Å². The summed E-state index contributed by atoms with van der Waals surface area (Å²) >= 11 is 0. The summed E-state index contributed by atoms with van der Waals surface area (Å²) in [5, 5.41) is 9.65. The number of likely N-dealkylation sites (tertiary alicyclic amines) is 1. The third kappa shape index (κ3) is 1.65. The zero-order valence-electron chi connectivity index (χ0n) is 11.5. The first-order chi connectivity index (χ1) is 9.90. The van der Waals surface area contributed by atoms with E-state index in [-0.39, 0.29) is 6.61 Å². The molecule has 102 valence electrons. The summed E-state index contributed by atoms with van der Waals surface area (Å²) in [5.74, 6) is 0. The molecule has 0 spiro atoms. The van der Waals surface area contributed by atoms with Gasteiger partial charge in [-0.05, 0) is 41.6 Å². The Morgan fingerprint density at radius 3 is 2.15 bits per heavy atom. The first-order valence-electron chi connectivity index (χ1n) is 7.45. The molecule has 0 bridgehead atoms. The van der Waals surface area contributed by atoms with Crippen molar-refractivity contribution >= 4 is 0 Å². The molecule has 2 aromatic rings. The van der Waals surface area contributed by atoms with E-state index in [9.17, 15) is 5.11 Å². The highest BCUT2D eigenvalue weighted by atomic mass is 16.3. The molecule has 4 rings (SSSR count). The van der Waals surface area contributed by atoms with E-state index in [1.165, 1.54) is 28.7 Å². The minimum absolute atomic E-state index is 0.265. The summed E-state index contributed by atoms with van der Waals surface area (Å²) < 4.78 is 0. The van der Waals surface area contributed by atoms with Crippen molar-refractivity contribution < 1.29 is 5.11 Å². The maximum absolute atomic E-state index is 9.65. The van der Waals surface area contributed by atoms with Crippen LogP contribution in [-0.2, 0) is 0 Å². The van der Waals surface area contributed by atoms with Crippen LogP contribution in [0.1, 0.15) is 30.0 Å². The zero-order valence-corrected chi connectivity index (χ0v) is 11.5. The second kappa shape index (κ2) is 4.72. The van der Waals surface area contributed by atoms with Gasteiger partial charge in [0.05, 0.1) is 12.6 Å². The Morgan fingerprint density at radius 1 is 0.950 bits per heavy atom. The molecule has 0 saturated carbocycles. The molecule has 2 heteroatoms. The summed E-state index contributed by atoms with van der Waals surface area (Å²) in [6.07, 6.45) is 2.30. The van der Waals surface area contributed by atoms with E-state index in [2.05, 4.69) is 53.4 Å². The van der Waals surface area contributed by atoms with Crippen LogP contribution in [0.4, 0.5) is 0 Å². The fraction of sp³-hybridized carbons (Fsp3) is 0.333. The van der Waals surface area contributed by atoms with Crippen molar-refractivity contribution in [1.82, 2.24) is 4.90 Å². The Morgan fingerprint density at radius 2 is 1.55 bits per heavy atom. The normalized spacial score (nSPS) is 21.9. The lowest BCUT2D eigenvalue weighted by molar-refractivity contribution is 0.135. The Labute approximate surface area is 119 Å². The van der Waals surface area contributed by atoms with E-state index in [4.69, 9.17) is 0 Å². The molecule has 0 unspecified atom stereocenters. The van der Waals surface area contributed by atoms with Gasteiger partial charge in [-0.25, -0.2) is 0 Å². The maximum atomic E-state index is 9.65. The van der Waals surface area contributed by atoms with Gasteiger partial charge in [0.2, 0.25) is 0 Å². The fourth-order valence-electron chi connectivity index (χ4n) is 3.88. The molecule has 1 saturated heterocycles. The molecule has 0 radical (unpaired) electrons. The highest BCUT2D eigenvalue weighted by Crippen LogP contribution is 2.47. The van der Waals surface area contributed by atoms with Gasteiger partial charge in [-0.3, -0.25) is 4.90 Å². The van der Waals surface area contributed by atoms with Gasteiger partial charge in [-0.2, -0.15) is 0 Å². The molecular formula is C18H19NO. The quantitative estimate of drug-likeness (QED) is 0.901. The van der Waals surface area contributed by atoms with Gasteiger partial charge in [-0.1, -0.05) is 48.5 Å². The summed E-state index contributed by atoms with van der Waals surface area (Å²) in [6.45, 7) is 1.35. The van der Waals surface area contributed by atoms with E-state index >= 15 is 0 Å². The zero-order chi connectivity index (χ0) is 13.5. The Bertz CT molecular complexity index is 591. The van der Waals surface area contributed by atoms with Crippen LogP contribution in [0, 0.1) is 0 Å². The van der Waals surface area contributed by atoms with Crippen molar-refractivity contribution in [3.8, 4) is 11.1 Å². The largest absolute Gasteiger partial charge is 0.395 e. The summed E-state index contributed by atoms with van der Waals surface area (Å²) in [4.78, 5) is 2.49. The minimum atomic E-state index is 0.265. The van der Waals surface area contributed by atoms with Crippen molar-refractivity contribution in [2.45, 2.75) is 24.9 Å². The number of hydrogen-bond donors (Lipinski definition) is 1. The number of rotatable bonds is 2. The fourth-order valence-corrected chi connectivity index (χ4v) is 3.88. The molecule has 1 atom stereocenters.